The van der Waals surface area contributed by atoms with E-state index in [4.69, 9.17) is 15.9 Å². The molecule has 0 spiro atoms. The molecule has 1 aromatic rings. The Labute approximate surface area is 129 Å². The van der Waals surface area contributed by atoms with E-state index in [1.165, 1.54) is 0 Å². The third-order valence-electron chi connectivity index (χ3n) is 3.33. The van der Waals surface area contributed by atoms with Gasteiger partial charge in [0.15, 0.2) is 23.8 Å². The molecular weight excluding hydrogens is 282 g/mol. The summed E-state index contributed by atoms with van der Waals surface area (Å²) in [7, 11) is 1.56. The summed E-state index contributed by atoms with van der Waals surface area (Å²) < 4.78 is 10.6. The molecule has 1 aliphatic rings. The van der Waals surface area contributed by atoms with Gasteiger partial charge >= 0.3 is 0 Å². The summed E-state index contributed by atoms with van der Waals surface area (Å²) >= 11 is 0. The summed E-state index contributed by atoms with van der Waals surface area (Å²) in [5.41, 5.74) is -0.372. The Balaban J connectivity index is 1.67. The van der Waals surface area contributed by atoms with Gasteiger partial charge in [0, 0.05) is 25.8 Å². The van der Waals surface area contributed by atoms with E-state index in [2.05, 4.69) is 21.5 Å². The molecule has 1 aromatic carbocycles. The molecule has 0 saturated heterocycles. The highest BCUT2D eigenvalue weighted by atomic mass is 16.5. The maximum absolute atomic E-state index is 11.8. The number of hydrogen-bond acceptors (Lipinski definition) is 5. The van der Waals surface area contributed by atoms with Crippen molar-refractivity contribution < 1.29 is 14.3 Å². The van der Waals surface area contributed by atoms with Crippen molar-refractivity contribution >= 4 is 5.91 Å². The summed E-state index contributed by atoms with van der Waals surface area (Å²) in [6, 6.07) is 7.19. The second-order valence-electron chi connectivity index (χ2n) is 4.93. The topological polar surface area (TPSA) is 72.3 Å². The molecule has 0 aliphatic carbocycles. The van der Waals surface area contributed by atoms with Crippen LogP contribution >= 0.6 is 0 Å². The molecule has 6 nitrogen and oxygen atoms in total. The summed E-state index contributed by atoms with van der Waals surface area (Å²) in [5.74, 6) is 3.51. The Hall–Kier alpha value is -2.55. The molecule has 1 aliphatic heterocycles. The van der Waals surface area contributed by atoms with E-state index in [-0.39, 0.29) is 18.2 Å². The number of ether oxygens (including phenoxy) is 2. The van der Waals surface area contributed by atoms with Gasteiger partial charge in [-0.05, 0) is 12.1 Å². The van der Waals surface area contributed by atoms with Crippen LogP contribution in [0, 0.1) is 12.3 Å². The third-order valence-corrected chi connectivity index (χ3v) is 3.33. The normalized spacial score (nSPS) is 14.0. The van der Waals surface area contributed by atoms with Crippen LogP contribution in [0.25, 0.3) is 0 Å². The van der Waals surface area contributed by atoms with E-state index in [1.54, 1.807) is 19.2 Å². The molecule has 0 unspecified atom stereocenters. The fourth-order valence-electron chi connectivity index (χ4n) is 2.00. The average Bonchev–Trinajstić information content (AvgIpc) is 3.31. The van der Waals surface area contributed by atoms with Gasteiger partial charge in [-0.3, -0.25) is 4.79 Å². The predicted octanol–water partition coefficient (Wildman–Crippen LogP) is 2.16. The lowest BCUT2D eigenvalue weighted by molar-refractivity contribution is -0.123. The Morgan fingerprint density at radius 3 is 2.68 bits per heavy atom. The Kier molecular flexibility index (Phi) is 5.37. The molecule has 116 valence electrons. The number of terminal acetylenes is 1. The van der Waals surface area contributed by atoms with Crippen LogP contribution in [0.3, 0.4) is 0 Å². The molecule has 0 radical (unpaired) electrons. The Morgan fingerprint density at radius 1 is 1.32 bits per heavy atom. The zero-order valence-electron chi connectivity index (χ0n) is 12.5. The number of carbonyl (C=O) groups is 1. The number of hydrogen-bond donors (Lipinski definition) is 1. The van der Waals surface area contributed by atoms with Crippen LogP contribution in [0.15, 0.2) is 34.5 Å². The van der Waals surface area contributed by atoms with Gasteiger partial charge in [-0.2, -0.15) is 10.2 Å². The van der Waals surface area contributed by atoms with Crippen molar-refractivity contribution in [1.29, 1.82) is 0 Å². The lowest BCUT2D eigenvalue weighted by Crippen LogP contribution is -2.32. The molecule has 0 bridgehead atoms. The maximum Gasteiger partial charge on any atom is 0.257 e. The number of carbonyl (C=O) groups excluding carboxylic acids is 1. The lowest BCUT2D eigenvalue weighted by Gasteiger charge is -2.12. The van der Waals surface area contributed by atoms with Crippen LogP contribution in [-0.4, -0.2) is 31.8 Å². The van der Waals surface area contributed by atoms with Gasteiger partial charge in [0.2, 0.25) is 0 Å². The minimum absolute atomic E-state index is 0.0635. The van der Waals surface area contributed by atoms with Gasteiger partial charge in [0.25, 0.3) is 5.91 Å². The van der Waals surface area contributed by atoms with E-state index in [0.29, 0.717) is 30.9 Å². The maximum atomic E-state index is 11.8. The molecule has 1 N–H and O–H groups in total. The largest absolute Gasteiger partial charge is 0.493 e. The van der Waals surface area contributed by atoms with Gasteiger partial charge in [0.1, 0.15) is 0 Å². The fraction of sp³-hybridized carbons (Fsp3) is 0.438. The molecular formula is C16H19N3O3. The van der Waals surface area contributed by atoms with Gasteiger partial charge in [-0.1, -0.05) is 12.1 Å². The van der Waals surface area contributed by atoms with Crippen molar-refractivity contribution in [2.24, 2.45) is 10.2 Å². The van der Waals surface area contributed by atoms with Crippen LogP contribution < -0.4 is 14.8 Å². The van der Waals surface area contributed by atoms with Gasteiger partial charge in [0.05, 0.1) is 7.11 Å². The zero-order chi connectivity index (χ0) is 15.8. The van der Waals surface area contributed by atoms with Crippen LogP contribution in [-0.2, 0) is 4.79 Å². The minimum atomic E-state index is -0.372. The smallest absolute Gasteiger partial charge is 0.257 e. The van der Waals surface area contributed by atoms with Crippen LogP contribution in [0.5, 0.6) is 11.5 Å². The molecule has 22 heavy (non-hydrogen) atoms. The Bertz CT molecular complexity index is 587. The first kappa shape index (κ1) is 15.8. The number of para-hydroxylation sites is 2. The first-order valence-electron chi connectivity index (χ1n) is 7.09. The summed E-state index contributed by atoms with van der Waals surface area (Å²) in [4.78, 5) is 11.8. The van der Waals surface area contributed by atoms with E-state index < -0.39 is 0 Å². The van der Waals surface area contributed by atoms with Crippen LogP contribution in [0.2, 0.25) is 0 Å². The number of amides is 1. The van der Waals surface area contributed by atoms with Crippen molar-refractivity contribution in [3.05, 3.63) is 24.3 Å². The fourth-order valence-corrected chi connectivity index (χ4v) is 2.00. The summed E-state index contributed by atoms with van der Waals surface area (Å²) in [6.07, 6.45) is 7.26. The summed E-state index contributed by atoms with van der Waals surface area (Å²) in [5, 5.41) is 10.8. The zero-order valence-corrected chi connectivity index (χ0v) is 12.5. The van der Waals surface area contributed by atoms with Crippen molar-refractivity contribution in [1.82, 2.24) is 5.32 Å². The number of benzene rings is 1. The van der Waals surface area contributed by atoms with Crippen LogP contribution in [0.4, 0.5) is 0 Å². The molecule has 6 heteroatoms. The van der Waals surface area contributed by atoms with Gasteiger partial charge < -0.3 is 14.8 Å². The lowest BCUT2D eigenvalue weighted by atomic mass is 10.0. The molecule has 0 aromatic heterocycles. The Morgan fingerprint density at radius 2 is 2.05 bits per heavy atom. The standard InChI is InChI=1S/C16H19N3O3/c1-3-4-9-16(18-19-16)10-11-17-15(20)12-22-14-8-6-5-7-13(14)21-2/h1,5-8H,4,9-12H2,2H3,(H,17,20). The van der Waals surface area contributed by atoms with Crippen molar-refractivity contribution in [3.8, 4) is 23.8 Å². The molecule has 1 heterocycles. The highest BCUT2D eigenvalue weighted by Gasteiger charge is 2.38. The van der Waals surface area contributed by atoms with Gasteiger partial charge in [-0.25, -0.2) is 0 Å². The minimum Gasteiger partial charge on any atom is -0.493 e. The SMILES string of the molecule is C#CCCC1(CCNC(=O)COc2ccccc2OC)N=N1. The predicted molar refractivity (Wildman–Crippen MR) is 81.8 cm³/mol. The number of methoxy groups -OCH3 is 1. The molecule has 0 fully saturated rings. The van der Waals surface area contributed by atoms with Crippen molar-refractivity contribution in [2.45, 2.75) is 24.9 Å². The first-order valence-corrected chi connectivity index (χ1v) is 7.09. The molecule has 1 amide bonds. The van der Waals surface area contributed by atoms with Gasteiger partial charge in [-0.15, -0.1) is 12.3 Å². The third kappa shape index (κ3) is 4.48. The number of nitrogens with zero attached hydrogens (tertiary/aromatic N) is 2. The highest BCUT2D eigenvalue weighted by molar-refractivity contribution is 5.77. The monoisotopic (exact) mass is 301 g/mol. The second-order valence-corrected chi connectivity index (χ2v) is 4.93. The quantitative estimate of drug-likeness (QED) is 0.710. The van der Waals surface area contributed by atoms with E-state index in [0.717, 1.165) is 6.42 Å². The van der Waals surface area contributed by atoms with Crippen molar-refractivity contribution in [2.75, 3.05) is 20.3 Å². The van der Waals surface area contributed by atoms with Crippen molar-refractivity contribution in [3.63, 3.8) is 0 Å². The summed E-state index contributed by atoms with van der Waals surface area (Å²) in [6.45, 7) is 0.428. The van der Waals surface area contributed by atoms with Crippen LogP contribution in [0.1, 0.15) is 19.3 Å². The number of nitrogens with one attached hydrogen (secondary N) is 1. The van der Waals surface area contributed by atoms with E-state index in [1.807, 2.05) is 12.1 Å². The molecule has 2 rings (SSSR count). The number of rotatable bonds is 9. The van der Waals surface area contributed by atoms with E-state index in [9.17, 15) is 4.79 Å². The molecule has 0 atom stereocenters. The first-order chi connectivity index (χ1) is 10.7. The van der Waals surface area contributed by atoms with E-state index >= 15 is 0 Å². The highest BCUT2D eigenvalue weighted by Crippen LogP contribution is 2.36. The second kappa shape index (κ2) is 7.46. The average molecular weight is 301 g/mol. The molecule has 0 saturated carbocycles.